The molecule has 2 aromatic carbocycles. The van der Waals surface area contributed by atoms with Crippen LogP contribution in [-0.4, -0.2) is 17.7 Å². The zero-order valence-electron chi connectivity index (χ0n) is 10.2. The second kappa shape index (κ2) is 5.79. The summed E-state index contributed by atoms with van der Waals surface area (Å²) in [5.74, 6) is -0.779. The molecule has 0 saturated heterocycles. The highest BCUT2D eigenvalue weighted by Crippen LogP contribution is 2.30. The van der Waals surface area contributed by atoms with Gasteiger partial charge in [0.25, 0.3) is 0 Å². The molecular formula is C15H15O2P. The average Bonchev–Trinajstić information content (AvgIpc) is 2.39. The fourth-order valence-electron chi connectivity index (χ4n) is 1.94. The highest BCUT2D eigenvalue weighted by Gasteiger charge is 2.13. The Morgan fingerprint density at radius 2 is 1.67 bits per heavy atom. The van der Waals surface area contributed by atoms with Gasteiger partial charge in [-0.05, 0) is 30.8 Å². The van der Waals surface area contributed by atoms with Crippen molar-refractivity contribution in [1.29, 1.82) is 0 Å². The van der Waals surface area contributed by atoms with Crippen molar-refractivity contribution in [3.8, 4) is 0 Å². The van der Waals surface area contributed by atoms with E-state index in [1.165, 1.54) is 5.30 Å². The maximum absolute atomic E-state index is 10.9. The topological polar surface area (TPSA) is 37.3 Å². The van der Waals surface area contributed by atoms with Crippen molar-refractivity contribution in [1.82, 2.24) is 0 Å². The van der Waals surface area contributed by atoms with Gasteiger partial charge in [-0.1, -0.05) is 54.6 Å². The van der Waals surface area contributed by atoms with Gasteiger partial charge in [0, 0.05) is 0 Å². The molecule has 0 radical (unpaired) electrons. The largest absolute Gasteiger partial charge is 0.481 e. The lowest BCUT2D eigenvalue weighted by Gasteiger charge is -2.16. The number of carbonyl (C=O) groups is 1. The zero-order chi connectivity index (χ0) is 13.0. The number of hydrogen-bond donors (Lipinski definition) is 1. The molecule has 18 heavy (non-hydrogen) atoms. The Balaban J connectivity index is 2.36. The maximum atomic E-state index is 10.9. The highest BCUT2D eigenvalue weighted by molar-refractivity contribution is 7.72. The van der Waals surface area contributed by atoms with Crippen LogP contribution >= 0.6 is 7.92 Å². The fourth-order valence-corrected chi connectivity index (χ4v) is 3.73. The van der Waals surface area contributed by atoms with E-state index in [0.717, 1.165) is 10.9 Å². The lowest BCUT2D eigenvalue weighted by molar-refractivity contribution is -0.136. The van der Waals surface area contributed by atoms with Crippen LogP contribution in [0.3, 0.4) is 0 Å². The third kappa shape index (κ3) is 2.96. The Bertz CT molecular complexity index is 537. The van der Waals surface area contributed by atoms with Crippen LogP contribution in [0.5, 0.6) is 0 Å². The van der Waals surface area contributed by atoms with E-state index in [-0.39, 0.29) is 6.42 Å². The van der Waals surface area contributed by atoms with Gasteiger partial charge >= 0.3 is 5.97 Å². The molecule has 2 aromatic rings. The Morgan fingerprint density at radius 3 is 2.33 bits per heavy atom. The zero-order valence-corrected chi connectivity index (χ0v) is 11.1. The summed E-state index contributed by atoms with van der Waals surface area (Å²) < 4.78 is 0. The van der Waals surface area contributed by atoms with Gasteiger partial charge in [-0.25, -0.2) is 0 Å². The van der Waals surface area contributed by atoms with Gasteiger partial charge in [-0.2, -0.15) is 0 Å². The lowest BCUT2D eigenvalue weighted by Crippen LogP contribution is -2.17. The molecule has 3 heteroatoms. The summed E-state index contributed by atoms with van der Waals surface area (Å²) >= 11 is 0. The van der Waals surface area contributed by atoms with Crippen LogP contribution in [-0.2, 0) is 11.2 Å². The molecule has 0 aromatic heterocycles. The molecular weight excluding hydrogens is 243 g/mol. The van der Waals surface area contributed by atoms with Crippen molar-refractivity contribution >= 4 is 24.5 Å². The van der Waals surface area contributed by atoms with Gasteiger partial charge in [0.2, 0.25) is 0 Å². The SMILES string of the molecule is CP(c1ccccc1)c1ccccc1CC(=O)O. The highest BCUT2D eigenvalue weighted by atomic mass is 31.1. The van der Waals surface area contributed by atoms with Crippen LogP contribution in [0.1, 0.15) is 5.56 Å². The third-order valence-corrected chi connectivity index (χ3v) is 5.07. The van der Waals surface area contributed by atoms with Crippen LogP contribution in [0.4, 0.5) is 0 Å². The van der Waals surface area contributed by atoms with Gasteiger partial charge < -0.3 is 5.11 Å². The smallest absolute Gasteiger partial charge is 0.307 e. The molecule has 2 rings (SSSR count). The summed E-state index contributed by atoms with van der Waals surface area (Å²) in [6, 6.07) is 18.1. The Hall–Kier alpha value is -1.66. The molecule has 0 saturated carbocycles. The molecule has 1 atom stereocenters. The van der Waals surface area contributed by atoms with E-state index >= 15 is 0 Å². The summed E-state index contributed by atoms with van der Waals surface area (Å²) in [6.07, 6.45) is 0.0929. The van der Waals surface area contributed by atoms with Gasteiger partial charge in [0.05, 0.1) is 6.42 Å². The average molecular weight is 258 g/mol. The second-order valence-electron chi connectivity index (χ2n) is 4.09. The van der Waals surface area contributed by atoms with Crippen LogP contribution in [0.2, 0.25) is 0 Å². The van der Waals surface area contributed by atoms with E-state index in [2.05, 4.69) is 18.8 Å². The molecule has 0 bridgehead atoms. The Kier molecular flexibility index (Phi) is 4.11. The predicted octanol–water partition coefficient (Wildman–Crippen LogP) is 2.38. The lowest BCUT2D eigenvalue weighted by atomic mass is 10.1. The predicted molar refractivity (Wildman–Crippen MR) is 76.3 cm³/mol. The van der Waals surface area contributed by atoms with Crippen molar-refractivity contribution in [2.24, 2.45) is 0 Å². The number of rotatable bonds is 4. The van der Waals surface area contributed by atoms with Crippen molar-refractivity contribution in [3.05, 3.63) is 60.2 Å². The quantitative estimate of drug-likeness (QED) is 0.855. The first-order valence-electron chi connectivity index (χ1n) is 5.77. The van der Waals surface area contributed by atoms with E-state index in [4.69, 9.17) is 5.11 Å². The molecule has 0 aliphatic carbocycles. The number of carboxylic acid groups (broad SMARTS) is 1. The molecule has 0 fully saturated rings. The van der Waals surface area contributed by atoms with Crippen molar-refractivity contribution < 1.29 is 9.90 Å². The Morgan fingerprint density at radius 1 is 1.06 bits per heavy atom. The van der Waals surface area contributed by atoms with Crippen LogP contribution in [0, 0.1) is 0 Å². The molecule has 0 amide bonds. The molecule has 0 heterocycles. The van der Waals surface area contributed by atoms with Gasteiger partial charge in [-0.15, -0.1) is 0 Å². The van der Waals surface area contributed by atoms with Gasteiger partial charge in [-0.3, -0.25) is 4.79 Å². The first kappa shape index (κ1) is 12.8. The van der Waals surface area contributed by atoms with E-state index in [0.29, 0.717) is 0 Å². The minimum absolute atomic E-state index is 0.0929. The maximum Gasteiger partial charge on any atom is 0.307 e. The molecule has 92 valence electrons. The monoisotopic (exact) mass is 258 g/mol. The fraction of sp³-hybridized carbons (Fsp3) is 0.133. The number of hydrogen-bond acceptors (Lipinski definition) is 1. The molecule has 1 N–H and O–H groups in total. The third-order valence-electron chi connectivity index (χ3n) is 2.84. The summed E-state index contributed by atoms with van der Waals surface area (Å²) in [5.41, 5.74) is 0.919. The van der Waals surface area contributed by atoms with Gasteiger partial charge in [0.1, 0.15) is 0 Å². The first-order valence-corrected chi connectivity index (χ1v) is 7.56. The van der Waals surface area contributed by atoms with Crippen molar-refractivity contribution in [3.63, 3.8) is 0 Å². The normalized spacial score (nSPS) is 12.1. The molecule has 1 unspecified atom stereocenters. The minimum Gasteiger partial charge on any atom is -0.481 e. The number of aliphatic carboxylic acids is 1. The summed E-state index contributed by atoms with van der Waals surface area (Å²) in [5, 5.41) is 11.4. The van der Waals surface area contributed by atoms with E-state index in [9.17, 15) is 4.79 Å². The molecule has 0 spiro atoms. The van der Waals surface area contributed by atoms with Crippen molar-refractivity contribution in [2.75, 3.05) is 6.66 Å². The number of benzene rings is 2. The first-order chi connectivity index (χ1) is 8.68. The van der Waals surface area contributed by atoms with Gasteiger partial charge in [0.15, 0.2) is 0 Å². The standard InChI is InChI=1S/C15H15O2P/c1-18(13-8-3-2-4-9-13)14-10-6-5-7-12(14)11-15(16)17/h2-10H,11H2,1H3,(H,16,17). The van der Waals surface area contributed by atoms with Crippen LogP contribution in [0.15, 0.2) is 54.6 Å². The minimum atomic E-state index is -0.779. The molecule has 0 aliphatic rings. The Labute approximate surface area is 108 Å². The molecule has 2 nitrogen and oxygen atoms in total. The molecule has 0 aliphatic heterocycles. The number of carboxylic acids is 1. The second-order valence-corrected chi connectivity index (χ2v) is 6.21. The van der Waals surface area contributed by atoms with E-state index < -0.39 is 13.9 Å². The van der Waals surface area contributed by atoms with Crippen LogP contribution < -0.4 is 10.6 Å². The van der Waals surface area contributed by atoms with E-state index in [1.54, 1.807) is 0 Å². The van der Waals surface area contributed by atoms with Crippen molar-refractivity contribution in [2.45, 2.75) is 6.42 Å². The van der Waals surface area contributed by atoms with E-state index in [1.807, 2.05) is 42.5 Å². The summed E-state index contributed by atoms with van der Waals surface area (Å²) in [7, 11) is -0.486. The summed E-state index contributed by atoms with van der Waals surface area (Å²) in [4.78, 5) is 10.9. The van der Waals surface area contributed by atoms with Crippen LogP contribution in [0.25, 0.3) is 0 Å². The summed E-state index contributed by atoms with van der Waals surface area (Å²) in [6.45, 7) is 2.17.